The quantitative estimate of drug-likeness (QED) is 0.873. The maximum absolute atomic E-state index is 12.5. The van der Waals surface area contributed by atoms with Gasteiger partial charge in [-0.1, -0.05) is 28.9 Å². The van der Waals surface area contributed by atoms with Crippen molar-refractivity contribution in [3.63, 3.8) is 0 Å². The Kier molecular flexibility index (Phi) is 4.76. The van der Waals surface area contributed by atoms with Crippen LogP contribution >= 0.6 is 15.9 Å². The maximum atomic E-state index is 12.5. The summed E-state index contributed by atoms with van der Waals surface area (Å²) in [4.78, 5) is 26.7. The Morgan fingerprint density at radius 1 is 1.22 bits per heavy atom. The van der Waals surface area contributed by atoms with Crippen molar-refractivity contribution in [2.75, 3.05) is 18.4 Å². The van der Waals surface area contributed by atoms with Gasteiger partial charge < -0.3 is 10.2 Å². The lowest BCUT2D eigenvalue weighted by molar-refractivity contribution is -0.135. The minimum Gasteiger partial charge on any atom is -0.342 e. The average Bonchev–Trinajstić information content (AvgIpc) is 3.32. The Morgan fingerprint density at radius 2 is 1.91 bits per heavy atom. The third kappa shape index (κ3) is 3.77. The molecule has 0 spiro atoms. The summed E-state index contributed by atoms with van der Waals surface area (Å²) < 4.78 is 0.973. The van der Waals surface area contributed by atoms with E-state index in [9.17, 15) is 9.59 Å². The van der Waals surface area contributed by atoms with Gasteiger partial charge in [-0.15, -0.1) is 0 Å². The molecule has 2 atom stereocenters. The third-order valence-electron chi connectivity index (χ3n) is 4.98. The van der Waals surface area contributed by atoms with Crippen molar-refractivity contribution in [1.29, 1.82) is 0 Å². The summed E-state index contributed by atoms with van der Waals surface area (Å²) in [6.07, 6.45) is 2.84. The van der Waals surface area contributed by atoms with Crippen molar-refractivity contribution in [3.05, 3.63) is 28.2 Å². The molecule has 1 saturated carbocycles. The van der Waals surface area contributed by atoms with Gasteiger partial charge in [0.15, 0.2) is 0 Å². The molecule has 0 aromatic heterocycles. The minimum atomic E-state index is -0.165. The number of likely N-dealkylation sites (tertiary alicyclic amines) is 1. The molecular weight excluding hydrogens is 356 g/mol. The van der Waals surface area contributed by atoms with Crippen molar-refractivity contribution in [2.24, 2.45) is 17.8 Å². The molecule has 5 heteroatoms. The number of hydrogen-bond donors (Lipinski definition) is 1. The van der Waals surface area contributed by atoms with E-state index in [1.807, 2.05) is 30.0 Å². The number of halogens is 1. The molecule has 1 aromatic carbocycles. The molecule has 1 aliphatic carbocycles. The topological polar surface area (TPSA) is 49.4 Å². The highest BCUT2D eigenvalue weighted by Gasteiger charge is 2.49. The number of nitrogens with one attached hydrogen (secondary N) is 1. The van der Waals surface area contributed by atoms with Gasteiger partial charge in [-0.3, -0.25) is 9.59 Å². The second-order valence-electron chi connectivity index (χ2n) is 6.91. The molecule has 1 heterocycles. The zero-order valence-electron chi connectivity index (χ0n) is 13.6. The molecule has 2 unspecified atom stereocenters. The summed E-state index contributed by atoms with van der Waals surface area (Å²) in [7, 11) is 0. The largest absolute Gasteiger partial charge is 0.342 e. The smallest absolute Gasteiger partial charge is 0.228 e. The summed E-state index contributed by atoms with van der Waals surface area (Å²) in [6.45, 7) is 5.92. The molecule has 1 aromatic rings. The van der Waals surface area contributed by atoms with Gasteiger partial charge in [-0.25, -0.2) is 0 Å². The highest BCUT2D eigenvalue weighted by Crippen LogP contribution is 2.41. The molecule has 0 bridgehead atoms. The van der Waals surface area contributed by atoms with E-state index >= 15 is 0 Å². The molecule has 1 aliphatic heterocycles. The van der Waals surface area contributed by atoms with Crippen LogP contribution in [0.15, 0.2) is 22.7 Å². The van der Waals surface area contributed by atoms with Crippen molar-refractivity contribution < 1.29 is 9.59 Å². The Hall–Kier alpha value is -1.36. The van der Waals surface area contributed by atoms with Crippen LogP contribution in [0.3, 0.4) is 0 Å². The van der Waals surface area contributed by atoms with E-state index in [2.05, 4.69) is 28.2 Å². The van der Waals surface area contributed by atoms with E-state index in [4.69, 9.17) is 0 Å². The van der Waals surface area contributed by atoms with E-state index in [1.54, 1.807) is 0 Å². The van der Waals surface area contributed by atoms with Gasteiger partial charge in [0.25, 0.3) is 0 Å². The van der Waals surface area contributed by atoms with Crippen LogP contribution in [-0.2, 0) is 9.59 Å². The highest BCUT2D eigenvalue weighted by atomic mass is 79.9. The number of benzene rings is 1. The van der Waals surface area contributed by atoms with Gasteiger partial charge >= 0.3 is 0 Å². The van der Waals surface area contributed by atoms with E-state index in [0.717, 1.165) is 41.7 Å². The SMILES string of the molecule is Cc1ccc(NC(=O)C2CC2C(=O)N2CCC(C)CC2)cc1Br. The lowest BCUT2D eigenvalue weighted by atomic mass is 9.99. The molecule has 2 aliphatic rings. The van der Waals surface area contributed by atoms with Crippen LogP contribution in [0.4, 0.5) is 5.69 Å². The zero-order valence-corrected chi connectivity index (χ0v) is 15.2. The number of anilines is 1. The van der Waals surface area contributed by atoms with E-state index < -0.39 is 0 Å². The molecule has 4 nitrogen and oxygen atoms in total. The Morgan fingerprint density at radius 3 is 2.57 bits per heavy atom. The predicted molar refractivity (Wildman–Crippen MR) is 94.1 cm³/mol. The molecule has 124 valence electrons. The fourth-order valence-corrected chi connectivity index (χ4v) is 3.51. The summed E-state index contributed by atoms with van der Waals surface area (Å²) in [5.41, 5.74) is 1.90. The van der Waals surface area contributed by atoms with E-state index in [1.165, 1.54) is 0 Å². The first-order valence-electron chi connectivity index (χ1n) is 8.31. The minimum absolute atomic E-state index is 0.0375. The Balaban J connectivity index is 1.54. The first kappa shape index (κ1) is 16.5. The fourth-order valence-electron chi connectivity index (χ4n) is 3.13. The highest BCUT2D eigenvalue weighted by molar-refractivity contribution is 9.10. The predicted octanol–water partition coefficient (Wildman–Crippen LogP) is 3.59. The number of hydrogen-bond acceptors (Lipinski definition) is 2. The number of rotatable bonds is 3. The standard InChI is InChI=1S/C18H23BrN2O2/c1-11-5-7-21(8-6-11)18(23)15-10-14(15)17(22)20-13-4-3-12(2)16(19)9-13/h3-4,9,11,14-15H,5-8,10H2,1-2H3,(H,20,22). The normalized spacial score (nSPS) is 24.4. The molecule has 2 fully saturated rings. The number of piperidine rings is 1. The van der Waals surface area contributed by atoms with Gasteiger partial charge in [0.05, 0.1) is 11.8 Å². The van der Waals surface area contributed by atoms with Crippen molar-refractivity contribution in [2.45, 2.75) is 33.1 Å². The number of amides is 2. The van der Waals surface area contributed by atoms with E-state index in [-0.39, 0.29) is 23.7 Å². The monoisotopic (exact) mass is 378 g/mol. The zero-order chi connectivity index (χ0) is 16.6. The van der Waals surface area contributed by atoms with E-state index in [0.29, 0.717) is 12.3 Å². The summed E-state index contributed by atoms with van der Waals surface area (Å²) >= 11 is 3.47. The molecule has 1 N–H and O–H groups in total. The number of carbonyl (C=O) groups is 2. The van der Waals surface area contributed by atoms with Crippen LogP contribution in [0, 0.1) is 24.7 Å². The first-order chi connectivity index (χ1) is 11.0. The van der Waals surface area contributed by atoms with Gasteiger partial charge in [-0.05, 0) is 49.8 Å². The number of carbonyl (C=O) groups excluding carboxylic acids is 2. The lowest BCUT2D eigenvalue weighted by Crippen LogP contribution is -2.39. The molecular formula is C18H23BrN2O2. The Bertz CT molecular complexity index is 623. The van der Waals surface area contributed by atoms with Gasteiger partial charge in [0.1, 0.15) is 0 Å². The van der Waals surface area contributed by atoms with Gasteiger partial charge in [0.2, 0.25) is 11.8 Å². The van der Waals surface area contributed by atoms with Crippen molar-refractivity contribution in [1.82, 2.24) is 4.90 Å². The Labute approximate surface area is 145 Å². The van der Waals surface area contributed by atoms with Crippen molar-refractivity contribution >= 4 is 33.4 Å². The van der Waals surface area contributed by atoms with Gasteiger partial charge in [-0.2, -0.15) is 0 Å². The third-order valence-corrected chi connectivity index (χ3v) is 5.83. The second-order valence-corrected chi connectivity index (χ2v) is 7.76. The van der Waals surface area contributed by atoms with Gasteiger partial charge in [0, 0.05) is 23.2 Å². The van der Waals surface area contributed by atoms with Crippen molar-refractivity contribution in [3.8, 4) is 0 Å². The molecule has 0 radical (unpaired) electrons. The second kappa shape index (κ2) is 6.63. The average molecular weight is 379 g/mol. The lowest BCUT2D eigenvalue weighted by Gasteiger charge is -2.30. The summed E-state index contributed by atoms with van der Waals surface area (Å²) in [6, 6.07) is 5.76. The maximum Gasteiger partial charge on any atom is 0.228 e. The van der Waals surface area contributed by atoms with Crippen LogP contribution in [0.25, 0.3) is 0 Å². The summed E-state index contributed by atoms with van der Waals surface area (Å²) in [5, 5.41) is 2.93. The summed E-state index contributed by atoms with van der Waals surface area (Å²) in [5.74, 6) is 0.558. The fraction of sp³-hybridized carbons (Fsp3) is 0.556. The molecule has 2 amide bonds. The van der Waals surface area contributed by atoms with Crippen LogP contribution in [0.5, 0.6) is 0 Å². The first-order valence-corrected chi connectivity index (χ1v) is 9.11. The molecule has 1 saturated heterocycles. The van der Waals surface area contributed by atoms with Crippen LogP contribution in [-0.4, -0.2) is 29.8 Å². The molecule has 3 rings (SSSR count). The van der Waals surface area contributed by atoms with Crippen LogP contribution < -0.4 is 5.32 Å². The van der Waals surface area contributed by atoms with Crippen LogP contribution in [0.1, 0.15) is 31.7 Å². The molecule has 23 heavy (non-hydrogen) atoms. The number of aryl methyl sites for hydroxylation is 1. The number of nitrogens with zero attached hydrogens (tertiary/aromatic N) is 1. The van der Waals surface area contributed by atoms with Crippen LogP contribution in [0.2, 0.25) is 0 Å².